The fraction of sp³-hybridized carbons (Fsp3) is 0.267. The Kier molecular flexibility index (Phi) is 3.78. The highest BCUT2D eigenvalue weighted by Crippen LogP contribution is 2.32. The largest absolute Gasteiger partial charge is 0.486 e. The van der Waals surface area contributed by atoms with Crippen LogP contribution in [0, 0.1) is 0 Å². The van der Waals surface area contributed by atoms with Crippen molar-refractivity contribution < 1.29 is 9.47 Å². The van der Waals surface area contributed by atoms with Gasteiger partial charge in [-0.05, 0) is 39.7 Å². The smallest absolute Gasteiger partial charge is 0.161 e. The summed E-state index contributed by atoms with van der Waals surface area (Å²) < 4.78 is 12.1. The number of halogens is 1. The predicted octanol–water partition coefficient (Wildman–Crippen LogP) is 3.25. The van der Waals surface area contributed by atoms with E-state index in [9.17, 15) is 0 Å². The standard InChI is InChI=1S/C15H15BrN2O2/c1-18(13-4-5-17-9-12(13)16)10-11-2-3-14-15(8-11)20-7-6-19-14/h2-5,8-9H,6-7,10H2,1H3. The monoisotopic (exact) mass is 334 g/mol. The molecule has 1 aromatic carbocycles. The first-order chi connectivity index (χ1) is 9.74. The Labute approximate surface area is 126 Å². The van der Waals surface area contributed by atoms with E-state index in [1.807, 2.05) is 18.2 Å². The van der Waals surface area contributed by atoms with Gasteiger partial charge in [-0.3, -0.25) is 4.98 Å². The van der Waals surface area contributed by atoms with Gasteiger partial charge < -0.3 is 14.4 Å². The maximum atomic E-state index is 5.61. The zero-order valence-corrected chi connectivity index (χ0v) is 12.8. The molecule has 4 nitrogen and oxygen atoms in total. The van der Waals surface area contributed by atoms with Gasteiger partial charge in [0, 0.05) is 26.0 Å². The highest BCUT2D eigenvalue weighted by atomic mass is 79.9. The number of rotatable bonds is 3. The van der Waals surface area contributed by atoms with E-state index in [1.165, 1.54) is 5.56 Å². The minimum Gasteiger partial charge on any atom is -0.486 e. The van der Waals surface area contributed by atoms with Gasteiger partial charge in [0.15, 0.2) is 11.5 Å². The topological polar surface area (TPSA) is 34.6 Å². The molecule has 20 heavy (non-hydrogen) atoms. The third-order valence-corrected chi connectivity index (χ3v) is 3.80. The molecule has 2 aromatic rings. The predicted molar refractivity (Wildman–Crippen MR) is 81.5 cm³/mol. The summed E-state index contributed by atoms with van der Waals surface area (Å²) in [6, 6.07) is 8.07. The van der Waals surface area contributed by atoms with E-state index in [2.05, 4.69) is 38.9 Å². The van der Waals surface area contributed by atoms with Crippen LogP contribution in [0.1, 0.15) is 5.56 Å². The maximum absolute atomic E-state index is 5.61. The quantitative estimate of drug-likeness (QED) is 0.862. The SMILES string of the molecule is CN(Cc1ccc2c(c1)OCCO2)c1ccncc1Br. The third-order valence-electron chi connectivity index (χ3n) is 3.19. The molecule has 3 rings (SSSR count). The lowest BCUT2D eigenvalue weighted by molar-refractivity contribution is 0.171. The molecule has 0 fully saturated rings. The maximum Gasteiger partial charge on any atom is 0.161 e. The zero-order chi connectivity index (χ0) is 13.9. The van der Waals surface area contributed by atoms with Crippen molar-refractivity contribution in [1.29, 1.82) is 0 Å². The second kappa shape index (κ2) is 5.71. The number of pyridine rings is 1. The van der Waals surface area contributed by atoms with Crippen LogP contribution in [-0.2, 0) is 6.54 Å². The molecule has 0 aliphatic carbocycles. The normalized spacial score (nSPS) is 13.1. The molecule has 1 aromatic heterocycles. The van der Waals surface area contributed by atoms with Gasteiger partial charge in [-0.2, -0.15) is 0 Å². The van der Waals surface area contributed by atoms with E-state index in [0.717, 1.165) is 28.2 Å². The van der Waals surface area contributed by atoms with E-state index < -0.39 is 0 Å². The molecule has 104 valence electrons. The van der Waals surface area contributed by atoms with Gasteiger partial charge in [-0.15, -0.1) is 0 Å². The minimum absolute atomic E-state index is 0.613. The first-order valence-electron chi connectivity index (χ1n) is 6.43. The summed E-state index contributed by atoms with van der Waals surface area (Å²) in [5, 5.41) is 0. The Morgan fingerprint density at radius 3 is 2.80 bits per heavy atom. The number of fused-ring (bicyclic) bond motifs is 1. The van der Waals surface area contributed by atoms with Gasteiger partial charge in [0.25, 0.3) is 0 Å². The van der Waals surface area contributed by atoms with Crippen LogP contribution in [0.3, 0.4) is 0 Å². The Balaban J connectivity index is 1.79. The fourth-order valence-corrected chi connectivity index (χ4v) is 2.78. The van der Waals surface area contributed by atoms with Crippen LogP contribution in [0.15, 0.2) is 41.1 Å². The summed E-state index contributed by atoms with van der Waals surface area (Å²) in [7, 11) is 2.05. The molecule has 0 bridgehead atoms. The van der Waals surface area contributed by atoms with Crippen molar-refractivity contribution in [3.63, 3.8) is 0 Å². The van der Waals surface area contributed by atoms with E-state index in [4.69, 9.17) is 9.47 Å². The average Bonchev–Trinajstić information content (AvgIpc) is 2.47. The molecule has 5 heteroatoms. The third kappa shape index (κ3) is 2.72. The van der Waals surface area contributed by atoms with Crippen LogP contribution >= 0.6 is 15.9 Å². The Morgan fingerprint density at radius 2 is 2.00 bits per heavy atom. The van der Waals surface area contributed by atoms with Gasteiger partial charge >= 0.3 is 0 Å². The van der Waals surface area contributed by atoms with E-state index in [-0.39, 0.29) is 0 Å². The molecule has 0 saturated heterocycles. The lowest BCUT2D eigenvalue weighted by atomic mass is 10.1. The van der Waals surface area contributed by atoms with Crippen LogP contribution in [0.4, 0.5) is 5.69 Å². The number of hydrogen-bond donors (Lipinski definition) is 0. The van der Waals surface area contributed by atoms with Crippen molar-refractivity contribution in [3.8, 4) is 11.5 Å². The molecule has 0 saturated carbocycles. The Morgan fingerprint density at radius 1 is 1.20 bits per heavy atom. The van der Waals surface area contributed by atoms with Gasteiger partial charge in [-0.25, -0.2) is 0 Å². The first-order valence-corrected chi connectivity index (χ1v) is 7.22. The summed E-state index contributed by atoms with van der Waals surface area (Å²) in [4.78, 5) is 6.25. The van der Waals surface area contributed by atoms with Crippen LogP contribution in [-0.4, -0.2) is 25.2 Å². The second-order valence-corrected chi connectivity index (χ2v) is 5.52. The average molecular weight is 335 g/mol. The zero-order valence-electron chi connectivity index (χ0n) is 11.2. The van der Waals surface area contributed by atoms with Crippen molar-refractivity contribution >= 4 is 21.6 Å². The lowest BCUT2D eigenvalue weighted by Crippen LogP contribution is -2.18. The van der Waals surface area contributed by atoms with Crippen molar-refractivity contribution in [2.24, 2.45) is 0 Å². The highest BCUT2D eigenvalue weighted by Gasteiger charge is 2.13. The van der Waals surface area contributed by atoms with E-state index >= 15 is 0 Å². The van der Waals surface area contributed by atoms with Crippen molar-refractivity contribution in [1.82, 2.24) is 4.98 Å². The van der Waals surface area contributed by atoms with Gasteiger partial charge in [0.05, 0.1) is 10.2 Å². The highest BCUT2D eigenvalue weighted by molar-refractivity contribution is 9.10. The molecule has 0 unspecified atom stereocenters. The molecule has 0 atom stereocenters. The van der Waals surface area contributed by atoms with Gasteiger partial charge in [0.1, 0.15) is 13.2 Å². The van der Waals surface area contributed by atoms with Crippen LogP contribution in [0.2, 0.25) is 0 Å². The number of hydrogen-bond acceptors (Lipinski definition) is 4. The second-order valence-electron chi connectivity index (χ2n) is 4.66. The van der Waals surface area contributed by atoms with Crippen molar-refractivity contribution in [2.45, 2.75) is 6.54 Å². The summed E-state index contributed by atoms with van der Waals surface area (Å²) >= 11 is 3.52. The fourth-order valence-electron chi connectivity index (χ4n) is 2.22. The van der Waals surface area contributed by atoms with Gasteiger partial charge in [0.2, 0.25) is 0 Å². The minimum atomic E-state index is 0.613. The summed E-state index contributed by atoms with van der Waals surface area (Å²) in [6.07, 6.45) is 3.59. The first kappa shape index (κ1) is 13.2. The van der Waals surface area contributed by atoms with Crippen LogP contribution in [0.25, 0.3) is 0 Å². The molecule has 0 spiro atoms. The number of benzene rings is 1. The molecule has 2 heterocycles. The molecule has 1 aliphatic heterocycles. The Bertz CT molecular complexity index is 619. The van der Waals surface area contributed by atoms with Crippen LogP contribution < -0.4 is 14.4 Å². The van der Waals surface area contributed by atoms with E-state index in [1.54, 1.807) is 12.4 Å². The molecule has 0 radical (unpaired) electrons. The number of aromatic nitrogens is 1. The summed E-state index contributed by atoms with van der Waals surface area (Å²) in [6.45, 7) is 2.03. The van der Waals surface area contributed by atoms with Gasteiger partial charge in [-0.1, -0.05) is 6.07 Å². The van der Waals surface area contributed by atoms with Crippen molar-refractivity contribution in [2.75, 3.05) is 25.2 Å². The van der Waals surface area contributed by atoms with Crippen molar-refractivity contribution in [3.05, 3.63) is 46.7 Å². The Hall–Kier alpha value is -1.75. The summed E-state index contributed by atoms with van der Waals surface area (Å²) in [5.74, 6) is 1.66. The summed E-state index contributed by atoms with van der Waals surface area (Å²) in [5.41, 5.74) is 2.29. The number of ether oxygens (including phenoxy) is 2. The molecule has 0 amide bonds. The number of anilines is 1. The van der Waals surface area contributed by atoms with Crippen LogP contribution in [0.5, 0.6) is 11.5 Å². The number of nitrogens with zero attached hydrogens (tertiary/aromatic N) is 2. The lowest BCUT2D eigenvalue weighted by Gasteiger charge is -2.22. The molecular formula is C15H15BrN2O2. The molecule has 0 N–H and O–H groups in total. The molecular weight excluding hydrogens is 320 g/mol. The van der Waals surface area contributed by atoms with E-state index in [0.29, 0.717) is 13.2 Å². The molecule has 1 aliphatic rings.